The summed E-state index contributed by atoms with van der Waals surface area (Å²) in [6, 6.07) is 9.29. The molecule has 1 aliphatic heterocycles. The Morgan fingerprint density at radius 1 is 1.28 bits per heavy atom. The van der Waals surface area contributed by atoms with Crippen molar-refractivity contribution in [1.29, 1.82) is 5.26 Å². The highest BCUT2D eigenvalue weighted by molar-refractivity contribution is 5.85. The number of hydrogen-bond acceptors (Lipinski definition) is 9. The Balaban J connectivity index is 1.99. The summed E-state index contributed by atoms with van der Waals surface area (Å²) in [4.78, 5) is 36.4. The molecule has 170 valence electrons. The molecule has 0 bridgehead atoms. The fraction of sp³-hybridized carbons (Fsp3) is 0.522. The number of fused-ring (bicyclic) bond motifs is 1. The van der Waals surface area contributed by atoms with Crippen molar-refractivity contribution in [2.24, 2.45) is 5.92 Å². The van der Waals surface area contributed by atoms with Gasteiger partial charge in [-0.15, -0.1) is 0 Å². The smallest absolute Gasteiger partial charge is 0.330 e. The van der Waals surface area contributed by atoms with E-state index in [1.54, 1.807) is 19.9 Å². The van der Waals surface area contributed by atoms with Crippen LogP contribution in [0.4, 0.5) is 5.82 Å². The van der Waals surface area contributed by atoms with Gasteiger partial charge in [-0.05, 0) is 38.8 Å². The maximum atomic E-state index is 12.8. The molecule has 0 N–H and O–H groups in total. The van der Waals surface area contributed by atoms with E-state index in [1.807, 2.05) is 29.2 Å². The summed E-state index contributed by atoms with van der Waals surface area (Å²) in [6.07, 6.45) is 0.955. The van der Waals surface area contributed by atoms with Crippen LogP contribution in [0.15, 0.2) is 24.3 Å². The van der Waals surface area contributed by atoms with E-state index in [0.717, 1.165) is 6.42 Å². The number of carbonyl (C=O) groups is 2. The lowest BCUT2D eigenvalue weighted by Crippen LogP contribution is -2.41. The predicted octanol–water partition coefficient (Wildman–Crippen LogP) is 2.59. The zero-order valence-electron chi connectivity index (χ0n) is 18.6. The third-order valence-corrected chi connectivity index (χ3v) is 5.28. The molecule has 1 fully saturated rings. The van der Waals surface area contributed by atoms with Gasteiger partial charge in [-0.2, -0.15) is 5.26 Å². The second-order valence-corrected chi connectivity index (χ2v) is 7.72. The fourth-order valence-corrected chi connectivity index (χ4v) is 3.81. The molecule has 0 amide bonds. The van der Waals surface area contributed by atoms with Crippen molar-refractivity contribution in [2.45, 2.75) is 38.7 Å². The van der Waals surface area contributed by atoms with Gasteiger partial charge in [0.25, 0.3) is 0 Å². The van der Waals surface area contributed by atoms with Crippen LogP contribution in [0.2, 0.25) is 0 Å². The third kappa shape index (κ3) is 5.32. The molecule has 0 saturated carbocycles. The first-order valence-corrected chi connectivity index (χ1v) is 10.8. The van der Waals surface area contributed by atoms with Crippen LogP contribution in [0, 0.1) is 17.2 Å². The molecule has 1 saturated heterocycles. The van der Waals surface area contributed by atoms with Crippen LogP contribution in [0.1, 0.15) is 38.3 Å². The number of piperidine rings is 1. The normalized spacial score (nSPS) is 17.9. The molecule has 0 spiro atoms. The van der Waals surface area contributed by atoms with Crippen molar-refractivity contribution in [3.05, 3.63) is 30.0 Å². The minimum absolute atomic E-state index is 0.216. The summed E-state index contributed by atoms with van der Waals surface area (Å²) in [7, 11) is 1.51. The molecule has 9 heteroatoms. The van der Waals surface area contributed by atoms with Gasteiger partial charge in [-0.3, -0.25) is 9.59 Å². The largest absolute Gasteiger partial charge is 0.466 e. The quantitative estimate of drug-likeness (QED) is 0.571. The van der Waals surface area contributed by atoms with Crippen molar-refractivity contribution in [2.75, 3.05) is 38.3 Å². The second-order valence-electron chi connectivity index (χ2n) is 7.72. The zero-order chi connectivity index (χ0) is 23.1. The SMILES string of the molecule is CCOC(=O)[C@@H]1CCCN(c2nc3ccccc3nc2[C@@H](C#N)C(=O)O[C@H](C)COC)C1. The minimum atomic E-state index is -1.26. The lowest BCUT2D eigenvalue weighted by Gasteiger charge is -2.33. The molecule has 0 radical (unpaired) electrons. The number of esters is 2. The van der Waals surface area contributed by atoms with E-state index in [9.17, 15) is 14.9 Å². The molecule has 1 aromatic heterocycles. The van der Waals surface area contributed by atoms with Crippen LogP contribution < -0.4 is 4.90 Å². The van der Waals surface area contributed by atoms with Crippen molar-refractivity contribution in [1.82, 2.24) is 9.97 Å². The van der Waals surface area contributed by atoms with Gasteiger partial charge in [0.05, 0.1) is 36.2 Å². The number of methoxy groups -OCH3 is 1. The number of aromatic nitrogens is 2. The topological polar surface area (TPSA) is 115 Å². The third-order valence-electron chi connectivity index (χ3n) is 5.28. The number of carbonyl (C=O) groups excluding carboxylic acids is 2. The first kappa shape index (κ1) is 23.4. The van der Waals surface area contributed by atoms with Crippen molar-refractivity contribution in [3.63, 3.8) is 0 Å². The van der Waals surface area contributed by atoms with Crippen molar-refractivity contribution >= 4 is 28.8 Å². The number of ether oxygens (including phenoxy) is 3. The average molecular weight is 441 g/mol. The standard InChI is InChI=1S/C23H28N4O5/c1-4-31-22(28)16-8-7-11-27(13-16)21-20(25-18-9-5-6-10-19(18)26-21)17(12-24)23(29)32-15(2)14-30-3/h5-6,9-10,15-17H,4,7-8,11,13-14H2,1-3H3/t15-,16-,17-/m1/s1. The van der Waals surface area contributed by atoms with E-state index in [1.165, 1.54) is 7.11 Å². The van der Waals surface area contributed by atoms with E-state index in [0.29, 0.717) is 43.0 Å². The van der Waals surface area contributed by atoms with E-state index >= 15 is 0 Å². The van der Waals surface area contributed by atoms with Gasteiger partial charge < -0.3 is 19.1 Å². The number of nitrogens with zero attached hydrogens (tertiary/aromatic N) is 4. The first-order chi connectivity index (χ1) is 15.5. The molecule has 1 aliphatic rings. The van der Waals surface area contributed by atoms with Crippen LogP contribution >= 0.6 is 0 Å². The molecule has 0 aliphatic carbocycles. The van der Waals surface area contributed by atoms with Gasteiger partial charge in [-0.1, -0.05) is 12.1 Å². The van der Waals surface area contributed by atoms with Gasteiger partial charge in [0.15, 0.2) is 11.7 Å². The minimum Gasteiger partial charge on any atom is -0.466 e. The number of hydrogen-bond donors (Lipinski definition) is 0. The summed E-state index contributed by atoms with van der Waals surface area (Å²) in [5.41, 5.74) is 1.44. The monoisotopic (exact) mass is 440 g/mol. The summed E-state index contributed by atoms with van der Waals surface area (Å²) < 4.78 is 15.6. The molecule has 2 heterocycles. The number of para-hydroxylation sites is 2. The van der Waals surface area contributed by atoms with E-state index < -0.39 is 18.0 Å². The van der Waals surface area contributed by atoms with Crippen LogP contribution in [0.25, 0.3) is 11.0 Å². The molecule has 0 unspecified atom stereocenters. The van der Waals surface area contributed by atoms with Crippen LogP contribution in [0.5, 0.6) is 0 Å². The van der Waals surface area contributed by atoms with Crippen molar-refractivity contribution in [3.8, 4) is 6.07 Å². The van der Waals surface area contributed by atoms with E-state index in [2.05, 4.69) is 4.98 Å². The summed E-state index contributed by atoms with van der Waals surface area (Å²) >= 11 is 0. The number of nitriles is 1. The Hall–Kier alpha value is -3.25. The van der Waals surface area contributed by atoms with Crippen LogP contribution in [-0.2, 0) is 23.8 Å². The number of anilines is 1. The molecule has 32 heavy (non-hydrogen) atoms. The van der Waals surface area contributed by atoms with Crippen LogP contribution in [0.3, 0.4) is 0 Å². The van der Waals surface area contributed by atoms with Gasteiger partial charge in [-0.25, -0.2) is 9.97 Å². The molecule has 9 nitrogen and oxygen atoms in total. The van der Waals surface area contributed by atoms with E-state index in [-0.39, 0.29) is 24.2 Å². The maximum Gasteiger partial charge on any atom is 0.330 e. The van der Waals surface area contributed by atoms with Crippen LogP contribution in [-0.4, -0.2) is 61.4 Å². The van der Waals surface area contributed by atoms with Gasteiger partial charge in [0.1, 0.15) is 11.8 Å². The molecular formula is C23H28N4O5. The van der Waals surface area contributed by atoms with Gasteiger partial charge >= 0.3 is 11.9 Å². The molecule has 3 atom stereocenters. The highest BCUT2D eigenvalue weighted by Crippen LogP contribution is 2.31. The average Bonchev–Trinajstić information content (AvgIpc) is 2.79. The second kappa shape index (κ2) is 10.9. The molecule has 3 rings (SSSR count). The molecule has 1 aromatic carbocycles. The highest BCUT2D eigenvalue weighted by Gasteiger charge is 2.34. The summed E-state index contributed by atoms with van der Waals surface area (Å²) in [6.45, 7) is 5.01. The summed E-state index contributed by atoms with van der Waals surface area (Å²) in [5, 5.41) is 9.86. The van der Waals surface area contributed by atoms with Crippen molar-refractivity contribution < 1.29 is 23.8 Å². The number of benzene rings is 1. The Morgan fingerprint density at radius 2 is 2.00 bits per heavy atom. The highest BCUT2D eigenvalue weighted by atomic mass is 16.6. The summed E-state index contributed by atoms with van der Waals surface area (Å²) in [5.74, 6) is -2.11. The first-order valence-electron chi connectivity index (χ1n) is 10.8. The lowest BCUT2D eigenvalue weighted by molar-refractivity contribution is -0.151. The molecular weight excluding hydrogens is 412 g/mol. The zero-order valence-corrected chi connectivity index (χ0v) is 18.6. The fourth-order valence-electron chi connectivity index (χ4n) is 3.81. The maximum absolute atomic E-state index is 12.8. The lowest BCUT2D eigenvalue weighted by atomic mass is 9.97. The Morgan fingerprint density at radius 3 is 2.66 bits per heavy atom. The predicted molar refractivity (Wildman–Crippen MR) is 117 cm³/mol. The Labute approximate surface area is 187 Å². The Kier molecular flexibility index (Phi) is 7.95. The van der Waals surface area contributed by atoms with E-state index in [4.69, 9.17) is 19.2 Å². The molecule has 2 aromatic rings. The Bertz CT molecular complexity index is 1010. The van der Waals surface area contributed by atoms with Gasteiger partial charge in [0.2, 0.25) is 0 Å². The van der Waals surface area contributed by atoms with Gasteiger partial charge in [0, 0.05) is 20.2 Å². The number of rotatable bonds is 8.